The Balaban J connectivity index is 1.25. The van der Waals surface area contributed by atoms with Gasteiger partial charge in [0.15, 0.2) is 11.6 Å². The van der Waals surface area contributed by atoms with Crippen molar-refractivity contribution >= 4 is 52.0 Å². The number of ketones is 1. The molecule has 4 atom stereocenters. The number of aromatic amines is 1. The summed E-state index contributed by atoms with van der Waals surface area (Å²) in [4.78, 5) is 84.0. The molecule has 2 aromatic carbocycles. The van der Waals surface area contributed by atoms with E-state index in [-0.39, 0.29) is 60.3 Å². The summed E-state index contributed by atoms with van der Waals surface area (Å²) in [6.45, 7) is 8.33. The Morgan fingerprint density at radius 2 is 1.33 bits per heavy atom. The fourth-order valence-electron chi connectivity index (χ4n) is 7.62. The SMILES string of the molecule is COC(=O)C[C@H](C(=O)N1CCC[C@H]1C(=O)Cc1ccc2[nH]c(-c3ccc(NC(=O)[C@@H]4CCCN4C(=O)[C@@H](CC(=O)OC)C(C)C)cc3)c(F)c2c1)C(C)C. The van der Waals surface area contributed by atoms with Gasteiger partial charge in [-0.15, -0.1) is 0 Å². The minimum atomic E-state index is -0.677. The zero-order valence-corrected chi connectivity index (χ0v) is 31.9. The summed E-state index contributed by atoms with van der Waals surface area (Å²) in [5, 5.41) is 3.21. The average molecular weight is 747 g/mol. The van der Waals surface area contributed by atoms with Crippen LogP contribution >= 0.6 is 0 Å². The van der Waals surface area contributed by atoms with Crippen molar-refractivity contribution in [3.8, 4) is 11.3 Å². The van der Waals surface area contributed by atoms with Gasteiger partial charge in [0.2, 0.25) is 17.7 Å². The van der Waals surface area contributed by atoms with Crippen LogP contribution in [0, 0.1) is 29.5 Å². The zero-order valence-electron chi connectivity index (χ0n) is 31.9. The molecule has 1 aromatic heterocycles. The summed E-state index contributed by atoms with van der Waals surface area (Å²) in [6.07, 6.45) is 2.30. The van der Waals surface area contributed by atoms with Crippen molar-refractivity contribution in [2.45, 2.75) is 84.7 Å². The van der Waals surface area contributed by atoms with Gasteiger partial charge in [0.05, 0.1) is 50.6 Å². The van der Waals surface area contributed by atoms with Crippen LogP contribution in [0.4, 0.5) is 10.1 Å². The third-order valence-electron chi connectivity index (χ3n) is 10.8. The molecule has 13 heteroatoms. The predicted octanol–water partition coefficient (Wildman–Crippen LogP) is 5.68. The maximum absolute atomic E-state index is 15.9. The number of hydrogen-bond donors (Lipinski definition) is 2. The van der Waals surface area contributed by atoms with Gasteiger partial charge in [0, 0.05) is 41.7 Å². The molecule has 0 spiro atoms. The maximum atomic E-state index is 15.9. The van der Waals surface area contributed by atoms with Crippen LogP contribution in [0.3, 0.4) is 0 Å². The number of carbonyl (C=O) groups is 6. The summed E-state index contributed by atoms with van der Waals surface area (Å²) >= 11 is 0. The highest BCUT2D eigenvalue weighted by Crippen LogP contribution is 2.32. The zero-order chi connectivity index (χ0) is 39.3. The number of rotatable bonds is 14. The van der Waals surface area contributed by atoms with E-state index < -0.39 is 41.7 Å². The molecule has 2 aliphatic heterocycles. The molecule has 2 N–H and O–H groups in total. The van der Waals surface area contributed by atoms with Crippen LogP contribution in [0.5, 0.6) is 0 Å². The Morgan fingerprint density at radius 3 is 1.87 bits per heavy atom. The number of carbonyl (C=O) groups excluding carboxylic acids is 6. The second-order valence-corrected chi connectivity index (χ2v) is 15.0. The van der Waals surface area contributed by atoms with Crippen LogP contribution < -0.4 is 5.32 Å². The number of anilines is 1. The first-order valence-electron chi connectivity index (χ1n) is 18.7. The summed E-state index contributed by atoms with van der Waals surface area (Å²) in [5.41, 5.74) is 2.45. The molecule has 0 aliphatic carbocycles. The molecule has 2 saturated heterocycles. The maximum Gasteiger partial charge on any atom is 0.306 e. The van der Waals surface area contributed by atoms with Crippen LogP contribution in [0.1, 0.15) is 71.8 Å². The normalized spacial score (nSPS) is 18.2. The molecule has 0 bridgehead atoms. The first kappa shape index (κ1) is 40.1. The Kier molecular flexibility index (Phi) is 12.9. The fraction of sp³-hybridized carbons (Fsp3) is 0.512. The molecule has 3 amide bonds. The van der Waals surface area contributed by atoms with E-state index >= 15 is 4.39 Å². The van der Waals surface area contributed by atoms with Gasteiger partial charge in [-0.2, -0.15) is 0 Å². The molecule has 2 fully saturated rings. The Morgan fingerprint density at radius 1 is 0.796 bits per heavy atom. The number of Topliss-reactive ketones (excluding diaryl/α,β-unsaturated/α-hetero) is 1. The highest BCUT2D eigenvalue weighted by molar-refractivity contribution is 5.99. The fourth-order valence-corrected chi connectivity index (χ4v) is 7.62. The van der Waals surface area contributed by atoms with E-state index in [4.69, 9.17) is 9.47 Å². The molecule has 5 rings (SSSR count). The van der Waals surface area contributed by atoms with E-state index in [0.29, 0.717) is 66.5 Å². The Bertz CT molecular complexity index is 1890. The van der Waals surface area contributed by atoms with Crippen LogP contribution in [-0.4, -0.2) is 89.6 Å². The Hall–Kier alpha value is -5.07. The van der Waals surface area contributed by atoms with Gasteiger partial charge in [-0.25, -0.2) is 4.39 Å². The molecule has 0 radical (unpaired) electrons. The lowest BCUT2D eigenvalue weighted by Crippen LogP contribution is -2.47. The quantitative estimate of drug-likeness (QED) is 0.200. The van der Waals surface area contributed by atoms with E-state index in [1.165, 1.54) is 14.2 Å². The smallest absolute Gasteiger partial charge is 0.306 e. The minimum Gasteiger partial charge on any atom is -0.469 e. The van der Waals surface area contributed by atoms with Gasteiger partial charge in [0.25, 0.3) is 0 Å². The topological polar surface area (TPSA) is 155 Å². The number of hydrogen-bond acceptors (Lipinski definition) is 8. The molecule has 3 aromatic rings. The number of ether oxygens (including phenoxy) is 2. The van der Waals surface area contributed by atoms with Crippen molar-refractivity contribution in [2.75, 3.05) is 32.6 Å². The van der Waals surface area contributed by atoms with Gasteiger partial charge in [-0.05, 0) is 67.3 Å². The monoisotopic (exact) mass is 746 g/mol. The van der Waals surface area contributed by atoms with Crippen molar-refractivity contribution in [1.82, 2.24) is 14.8 Å². The standard InChI is InChI=1S/C41H51FN4O8/c1-23(2)28(21-35(48)53-5)40(51)45-17-7-9-32(45)34(47)20-25-11-16-31-30(19-25)37(42)38(44-31)26-12-14-27(15-13-26)43-39(50)33-10-8-18-46(33)41(52)29(24(3)4)22-36(49)54-6/h11-16,19,23-24,28-29,32-33,44H,7-10,17-18,20-22H2,1-6H3,(H,43,50)/t28-,29-,32-,33-/m0/s1. The molecule has 3 heterocycles. The van der Waals surface area contributed by atoms with Gasteiger partial charge in [0.1, 0.15) is 6.04 Å². The summed E-state index contributed by atoms with van der Waals surface area (Å²) in [7, 11) is 2.57. The first-order chi connectivity index (χ1) is 25.7. The highest BCUT2D eigenvalue weighted by Gasteiger charge is 2.40. The number of fused-ring (bicyclic) bond motifs is 1. The Labute approximate surface area is 315 Å². The molecule has 2 aliphatic rings. The van der Waals surface area contributed by atoms with Crippen molar-refractivity contribution < 1.29 is 42.6 Å². The number of aromatic nitrogens is 1. The summed E-state index contributed by atoms with van der Waals surface area (Å²) < 4.78 is 25.5. The predicted molar refractivity (Wildman–Crippen MR) is 200 cm³/mol. The lowest BCUT2D eigenvalue weighted by Gasteiger charge is -2.29. The van der Waals surface area contributed by atoms with Crippen molar-refractivity contribution in [2.24, 2.45) is 23.7 Å². The number of amides is 3. The molecule has 0 saturated carbocycles. The van der Waals surface area contributed by atoms with Crippen molar-refractivity contribution in [1.29, 1.82) is 0 Å². The van der Waals surface area contributed by atoms with E-state index in [2.05, 4.69) is 10.3 Å². The van der Waals surface area contributed by atoms with Crippen molar-refractivity contribution in [3.63, 3.8) is 0 Å². The average Bonchev–Trinajstić information content (AvgIpc) is 3.92. The van der Waals surface area contributed by atoms with Crippen molar-refractivity contribution in [3.05, 3.63) is 53.8 Å². The second-order valence-electron chi connectivity index (χ2n) is 15.0. The van der Waals surface area contributed by atoms with E-state index in [0.717, 1.165) is 0 Å². The van der Waals surface area contributed by atoms with Crippen LogP contribution in [0.2, 0.25) is 0 Å². The molecule has 0 unspecified atom stereocenters. The largest absolute Gasteiger partial charge is 0.469 e. The summed E-state index contributed by atoms with van der Waals surface area (Å²) in [5.74, 6) is -3.77. The summed E-state index contributed by atoms with van der Waals surface area (Å²) in [6, 6.07) is 10.6. The van der Waals surface area contributed by atoms with Crippen LogP contribution in [-0.2, 0) is 44.7 Å². The first-order valence-corrected chi connectivity index (χ1v) is 18.7. The third kappa shape index (κ3) is 8.82. The van der Waals surface area contributed by atoms with Crippen LogP contribution in [0.25, 0.3) is 22.2 Å². The number of halogens is 1. The number of nitrogens with one attached hydrogen (secondary N) is 2. The van der Waals surface area contributed by atoms with E-state index in [1.807, 2.05) is 27.7 Å². The third-order valence-corrected chi connectivity index (χ3v) is 10.8. The number of likely N-dealkylation sites (tertiary alicyclic amines) is 2. The molecule has 12 nitrogen and oxygen atoms in total. The van der Waals surface area contributed by atoms with Crippen LogP contribution in [0.15, 0.2) is 42.5 Å². The van der Waals surface area contributed by atoms with E-state index in [9.17, 15) is 28.8 Å². The lowest BCUT2D eigenvalue weighted by atomic mass is 9.90. The molecule has 54 heavy (non-hydrogen) atoms. The number of esters is 2. The number of H-pyrrole nitrogens is 1. The van der Waals surface area contributed by atoms with Gasteiger partial charge in [-0.3, -0.25) is 28.8 Å². The minimum absolute atomic E-state index is 0.0233. The number of methoxy groups -OCH3 is 2. The molecule has 290 valence electrons. The number of nitrogens with zero attached hydrogens (tertiary/aromatic N) is 2. The second kappa shape index (κ2) is 17.4. The van der Waals surface area contributed by atoms with Gasteiger partial charge in [-0.1, -0.05) is 45.9 Å². The van der Waals surface area contributed by atoms with Gasteiger partial charge >= 0.3 is 11.9 Å². The highest BCUT2D eigenvalue weighted by atomic mass is 19.1. The van der Waals surface area contributed by atoms with E-state index in [1.54, 1.807) is 52.3 Å². The molecular weight excluding hydrogens is 695 g/mol. The molecular formula is C41H51FN4O8. The van der Waals surface area contributed by atoms with Gasteiger partial charge < -0.3 is 29.6 Å². The number of benzene rings is 2. The lowest BCUT2D eigenvalue weighted by molar-refractivity contribution is -0.149.